The molecule has 0 saturated carbocycles. The molecule has 18 N–H and O–H groups in total. The molecule has 7 aromatic carbocycles. The van der Waals surface area contributed by atoms with Crippen molar-refractivity contribution in [2.75, 3.05) is 156 Å². The predicted molar refractivity (Wildman–Crippen MR) is 573 cm³/mol. The third-order valence-electron chi connectivity index (χ3n) is 25.0. The molecule has 5 fully saturated rings. The van der Waals surface area contributed by atoms with E-state index in [0.717, 1.165) is 158 Å². The SMILES string of the molecule is C.CC(=O)[C@@H](N)CCC(=O)NCc1ccccc1CN1CCN(C)CC1.CC(=O)[C@@H](N)CCC(=O)NCc1ccccc1CS(=O)(=O)N1CCOCC1.CC(=O)[C@@H](N)CCC(=O)Nc1ccccc1-c1nc2ccccc2s1.CC(=O)[C@@H](N)CCC(=O)Nc1ccccc1CN1CCOCC1.CC(=O)[C@@H](N)CCC(=O)Nc1ccccc1N1CCCCC1.CC(=O)[C@@H](N)CCC(=O)Nc1ccccc1N1CCOCC1. The van der Waals surface area contributed by atoms with Gasteiger partial charge in [0.25, 0.3) is 0 Å². The molecule has 0 unspecified atom stereocenters. The Morgan fingerprint density at radius 1 is 0.352 bits per heavy atom. The third-order valence-corrected chi connectivity index (χ3v) is 27.9. The van der Waals surface area contributed by atoms with Crippen LogP contribution in [0.4, 0.5) is 34.1 Å². The second kappa shape index (κ2) is 64.3. The van der Waals surface area contributed by atoms with E-state index in [2.05, 4.69) is 80.6 Å². The summed E-state index contributed by atoms with van der Waals surface area (Å²) in [5.74, 6) is -1.51. The molecule has 6 amide bonds. The van der Waals surface area contributed by atoms with Crippen molar-refractivity contribution in [1.29, 1.82) is 0 Å². The molecule has 145 heavy (non-hydrogen) atoms. The number of para-hydroxylation sites is 7. The van der Waals surface area contributed by atoms with E-state index in [0.29, 0.717) is 89.4 Å². The number of amides is 6. The lowest BCUT2D eigenvalue weighted by Gasteiger charge is -2.32. The molecule has 0 bridgehead atoms. The van der Waals surface area contributed by atoms with Gasteiger partial charge >= 0.3 is 0 Å². The highest BCUT2D eigenvalue weighted by atomic mass is 32.2. The number of thiazole rings is 1. The van der Waals surface area contributed by atoms with Gasteiger partial charge in [0.1, 0.15) is 39.7 Å². The van der Waals surface area contributed by atoms with Crippen molar-refractivity contribution in [2.45, 2.75) is 213 Å². The van der Waals surface area contributed by atoms with Crippen molar-refractivity contribution in [2.24, 2.45) is 34.4 Å². The minimum absolute atomic E-state index is 0. The molecule has 13 rings (SSSR count). The van der Waals surface area contributed by atoms with Crippen molar-refractivity contribution in [3.05, 3.63) is 198 Å². The highest BCUT2D eigenvalue weighted by Gasteiger charge is 2.28. The van der Waals surface area contributed by atoms with Crippen LogP contribution >= 0.6 is 11.3 Å². The lowest BCUT2D eigenvalue weighted by Crippen LogP contribution is -2.44. The first kappa shape index (κ1) is 120. The van der Waals surface area contributed by atoms with Crippen LogP contribution in [0.15, 0.2) is 170 Å². The summed E-state index contributed by atoms with van der Waals surface area (Å²) in [5, 5.41) is 18.3. The Labute approximate surface area is 858 Å². The van der Waals surface area contributed by atoms with E-state index in [1.165, 1.54) is 70.7 Å². The van der Waals surface area contributed by atoms with Gasteiger partial charge in [0.2, 0.25) is 45.5 Å². The number of carbonyl (C=O) groups is 12. The maximum Gasteiger partial charge on any atom is 0.224 e. The van der Waals surface area contributed by atoms with Gasteiger partial charge in [-0.05, 0) is 189 Å². The highest BCUT2D eigenvalue weighted by Crippen LogP contribution is 2.36. The number of piperazine rings is 1. The number of nitrogens with zero attached hydrogens (tertiary/aromatic N) is 7. The second-order valence-electron chi connectivity index (χ2n) is 36.4. The lowest BCUT2D eigenvalue weighted by molar-refractivity contribution is -0.123. The number of benzene rings is 7. The zero-order chi connectivity index (χ0) is 104. The third kappa shape index (κ3) is 43.9. The molecule has 1 aromatic heterocycles. The first-order chi connectivity index (χ1) is 69.0. The van der Waals surface area contributed by atoms with Crippen molar-refractivity contribution < 1.29 is 80.2 Å². The summed E-state index contributed by atoms with van der Waals surface area (Å²) in [7, 11) is -1.29. The van der Waals surface area contributed by atoms with E-state index in [4.69, 9.17) is 48.6 Å². The molecule has 0 radical (unpaired) electrons. The number of anilines is 6. The number of piperidine rings is 1. The van der Waals surface area contributed by atoms with Crippen LogP contribution in [0.3, 0.4) is 0 Å². The van der Waals surface area contributed by atoms with E-state index < -0.39 is 46.3 Å². The fourth-order valence-corrected chi connectivity index (χ4v) is 18.2. The van der Waals surface area contributed by atoms with Gasteiger partial charge in [-0.3, -0.25) is 67.3 Å². The standard InChI is InChI=1S/C19H30N4O2.C19H19N3O2S.C18H27N3O5S.C17H25N3O3.C17H25N3O2.C16H23N3O3.CH4/c1-15(24)18(20)7-8-19(25)21-13-16-5-3-4-6-17(16)14-23-11-9-22(2)10-12-23;1-12(23)14(20)10-11-18(24)21-15-7-3-2-6-13(15)19-22-16-8-4-5-9-17(16)25-19;1-14(22)17(19)6-7-18(23)20-12-15-4-2-3-5-16(15)13-27(24,25)21-8-10-26-11-9-21;1-13(21)15(18)6-7-17(22)19-16-5-3-2-4-14(16)12-20-8-10-23-11-9-20;1-13(21)14(18)9-10-17(22)19-15-7-3-4-8-16(15)20-11-5-2-6-12-20;1-12(20)13(17)6-7-16(21)18-14-4-2-3-5-15(14)19-8-10-22-11-9-19;/h3-6,18H,7-14,20H2,1-2H3,(H,21,25);2-9,14H,10-11,20H2,1H3,(H,21,24);2-5,17H,6-13,19H2,1H3,(H,20,23);2-5,15H,6-12,18H2,1H3,(H,19,22);3-4,7-8,14H,2,5-6,9-12,18H2,1H3,(H,19,22);2-5,13H,6-11,17H2,1H3,(H,18,21);1H4/t18-;14-;17-;15-;14-;13-;/m000000./s1. The van der Waals surface area contributed by atoms with Crippen molar-refractivity contribution >= 4 is 136 Å². The largest absolute Gasteiger partial charge is 0.379 e. The Balaban J connectivity index is 0.000000236. The van der Waals surface area contributed by atoms with Gasteiger partial charge in [0, 0.05) is 154 Å². The Hall–Kier alpha value is -11.7. The Bertz CT molecular complexity index is 5460. The highest BCUT2D eigenvalue weighted by molar-refractivity contribution is 7.88. The number of rotatable bonds is 42. The van der Waals surface area contributed by atoms with Crippen LogP contribution in [0.1, 0.15) is 173 Å². The fourth-order valence-electron chi connectivity index (χ4n) is 15.7. The smallest absolute Gasteiger partial charge is 0.224 e. The average Bonchev–Trinajstić information content (AvgIpc) is 1.66. The maximum absolute atomic E-state index is 12.6. The number of nitrogens with two attached hydrogens (primary N) is 6. The van der Waals surface area contributed by atoms with Crippen LogP contribution in [0, 0.1) is 0 Å². The van der Waals surface area contributed by atoms with Crippen molar-refractivity contribution in [3.8, 4) is 10.6 Å². The summed E-state index contributed by atoms with van der Waals surface area (Å²) in [6, 6.07) is 50.8. The zero-order valence-corrected chi connectivity index (χ0v) is 86.0. The minimum atomic E-state index is -3.44. The summed E-state index contributed by atoms with van der Waals surface area (Å²) >= 11 is 1.59. The summed E-state index contributed by atoms with van der Waals surface area (Å²) in [6.45, 7) is 25.3. The van der Waals surface area contributed by atoms with Crippen molar-refractivity contribution in [3.63, 3.8) is 0 Å². The molecule has 6 heterocycles. The van der Waals surface area contributed by atoms with Crippen LogP contribution in [-0.4, -0.2) is 264 Å². The van der Waals surface area contributed by atoms with Crippen molar-refractivity contribution in [1.82, 2.24) is 34.6 Å². The Kier molecular flexibility index (Phi) is 53.3. The molecule has 38 heteroatoms. The lowest BCUT2D eigenvalue weighted by atomic mass is 10.1. The molecule has 0 aliphatic carbocycles. The van der Waals surface area contributed by atoms with E-state index in [-0.39, 0.29) is 135 Å². The van der Waals surface area contributed by atoms with Crippen LogP contribution in [0.5, 0.6) is 0 Å². The maximum atomic E-state index is 12.6. The monoisotopic (exact) mass is 2040 g/mol. The molecular weight excluding hydrogens is 1890 g/mol. The number of ether oxygens (including phenoxy) is 3. The molecule has 5 saturated heterocycles. The zero-order valence-electron chi connectivity index (χ0n) is 84.4. The van der Waals surface area contributed by atoms with Gasteiger partial charge in [-0.2, -0.15) is 4.31 Å². The number of nitrogens with one attached hydrogen (secondary N) is 6. The van der Waals surface area contributed by atoms with Gasteiger partial charge < -0.3 is 95.2 Å². The quantitative estimate of drug-likeness (QED) is 0.0169. The summed E-state index contributed by atoms with van der Waals surface area (Å²) < 4.78 is 43.7. The Morgan fingerprint density at radius 2 is 0.676 bits per heavy atom. The number of aromatic nitrogens is 1. The number of likely N-dealkylation sites (N-methyl/N-ethyl adjacent to an activating group) is 1. The summed E-state index contributed by atoms with van der Waals surface area (Å²) in [6.07, 6.45) is 7.15. The Morgan fingerprint density at radius 3 is 1.12 bits per heavy atom. The average molecular weight is 2040 g/mol. The molecule has 8 aromatic rings. The first-order valence-electron chi connectivity index (χ1n) is 49.5. The van der Waals surface area contributed by atoms with E-state index in [1.54, 1.807) is 35.6 Å². The normalized spacial score (nSPS) is 15.7. The number of ketones is 6. The molecule has 5 aliphatic heterocycles. The summed E-state index contributed by atoms with van der Waals surface area (Å²) in [4.78, 5) is 155. The molecule has 36 nitrogen and oxygen atoms in total. The van der Waals surface area contributed by atoms with E-state index in [1.807, 2.05) is 133 Å². The van der Waals surface area contributed by atoms with Gasteiger partial charge in [-0.25, -0.2) is 13.4 Å². The molecule has 0 spiro atoms. The topological polar surface area (TPSA) is 527 Å². The molecular formula is C107H153N19O17S2. The van der Waals surface area contributed by atoms with Gasteiger partial charge in [0.05, 0.1) is 120 Å². The first-order valence-corrected chi connectivity index (χ1v) is 51.9. The number of hydrogen-bond acceptors (Lipinski definition) is 30. The second-order valence-corrected chi connectivity index (χ2v) is 39.4. The number of Topliss-reactive ketones (excluding diaryl/α,β-unsaturated/α-hetero) is 6. The van der Waals surface area contributed by atoms with Crippen LogP contribution in [-0.2, 0) is 114 Å². The molecule has 790 valence electrons. The van der Waals surface area contributed by atoms with E-state index in [9.17, 15) is 66.0 Å². The summed E-state index contributed by atoms with van der Waals surface area (Å²) in [5.41, 5.74) is 45.9. The van der Waals surface area contributed by atoms with Crippen LogP contribution < -0.4 is 76.1 Å². The number of fused-ring (bicyclic) bond motifs is 1. The molecule has 5 aliphatic rings. The van der Waals surface area contributed by atoms with Gasteiger partial charge in [-0.15, -0.1) is 11.3 Å². The fraction of sp³-hybridized carbons (Fsp3) is 0.486. The minimum Gasteiger partial charge on any atom is -0.379 e. The van der Waals surface area contributed by atoms with Crippen LogP contribution in [0.2, 0.25) is 0 Å². The predicted octanol–water partition coefficient (Wildman–Crippen LogP) is 9.77. The van der Waals surface area contributed by atoms with Gasteiger partial charge in [-0.1, -0.05) is 123 Å². The number of carbonyl (C=O) groups excluding carboxylic acids is 12. The van der Waals surface area contributed by atoms with E-state index >= 15 is 0 Å². The number of sulfonamides is 1. The van der Waals surface area contributed by atoms with Crippen LogP contribution in [0.25, 0.3) is 20.8 Å². The van der Waals surface area contributed by atoms with Gasteiger partial charge in [0.15, 0.2) is 0 Å². The number of morpholine rings is 3. The number of hydrogen-bond donors (Lipinski definition) is 12. The molecule has 6 atom stereocenters.